The molecular weight excluding hydrogens is 284 g/mol. The Hall–Kier alpha value is -2.08. The minimum absolute atomic E-state index is 0.217. The zero-order chi connectivity index (χ0) is 17.1. The summed E-state index contributed by atoms with van der Waals surface area (Å²) in [6.45, 7) is 8.03. The number of hydrogen-bond acceptors (Lipinski definition) is 5. The standard InChI is InChI=1S/C14H21NO2.C2H5NO2/c1-5-17-14(16)11(4)15-13-9-7-6-8-12(13)10(2)3;3-1-2(4)5/h6-11,15H,5H2,1-4H3;1,3H2,(H,4,5)/t11-;/m0./s1. The zero-order valence-corrected chi connectivity index (χ0v) is 13.6. The molecule has 0 fully saturated rings. The Morgan fingerprint density at radius 3 is 2.27 bits per heavy atom. The van der Waals surface area contributed by atoms with Crippen LogP contribution in [0.1, 0.15) is 39.2 Å². The monoisotopic (exact) mass is 310 g/mol. The molecule has 0 aliphatic heterocycles. The fraction of sp³-hybridized carbons (Fsp3) is 0.500. The van der Waals surface area contributed by atoms with Crippen molar-refractivity contribution in [2.45, 2.75) is 39.7 Å². The van der Waals surface area contributed by atoms with Gasteiger partial charge in [-0.3, -0.25) is 4.79 Å². The van der Waals surface area contributed by atoms with E-state index in [0.29, 0.717) is 12.5 Å². The van der Waals surface area contributed by atoms with Crippen LogP contribution in [-0.2, 0) is 14.3 Å². The number of anilines is 1. The van der Waals surface area contributed by atoms with Crippen LogP contribution in [0.4, 0.5) is 5.69 Å². The molecule has 0 unspecified atom stereocenters. The molecule has 1 atom stereocenters. The van der Waals surface area contributed by atoms with Crippen molar-refractivity contribution < 1.29 is 19.4 Å². The SMILES string of the molecule is CCOC(=O)[C@H](C)Nc1ccccc1C(C)C.NCC(=O)O. The van der Waals surface area contributed by atoms with Gasteiger partial charge in [-0.15, -0.1) is 0 Å². The molecule has 0 amide bonds. The molecule has 1 aromatic rings. The van der Waals surface area contributed by atoms with Gasteiger partial charge in [0.2, 0.25) is 0 Å². The van der Waals surface area contributed by atoms with Crippen molar-refractivity contribution in [3.63, 3.8) is 0 Å². The lowest BCUT2D eigenvalue weighted by molar-refractivity contribution is -0.143. The quantitative estimate of drug-likeness (QED) is 0.696. The molecule has 0 aromatic heterocycles. The number of para-hydroxylation sites is 1. The third kappa shape index (κ3) is 7.64. The lowest BCUT2D eigenvalue weighted by Gasteiger charge is -2.18. The third-order valence-corrected chi connectivity index (χ3v) is 2.77. The van der Waals surface area contributed by atoms with Crippen LogP contribution < -0.4 is 11.1 Å². The molecule has 4 N–H and O–H groups in total. The molecular formula is C16H26N2O4. The zero-order valence-electron chi connectivity index (χ0n) is 13.6. The van der Waals surface area contributed by atoms with Crippen LogP contribution in [0.5, 0.6) is 0 Å². The van der Waals surface area contributed by atoms with Crippen molar-refractivity contribution in [2.75, 3.05) is 18.5 Å². The summed E-state index contributed by atoms with van der Waals surface area (Å²) in [5.74, 6) is -0.760. The summed E-state index contributed by atoms with van der Waals surface area (Å²) in [5, 5.41) is 10.8. The van der Waals surface area contributed by atoms with E-state index >= 15 is 0 Å². The number of carbonyl (C=O) groups excluding carboxylic acids is 1. The van der Waals surface area contributed by atoms with E-state index in [9.17, 15) is 9.59 Å². The first kappa shape index (κ1) is 19.9. The predicted octanol–water partition coefficient (Wildman–Crippen LogP) is 2.20. The summed E-state index contributed by atoms with van der Waals surface area (Å²) in [7, 11) is 0. The van der Waals surface area contributed by atoms with Crippen molar-refractivity contribution in [1.29, 1.82) is 0 Å². The second-order valence-electron chi connectivity index (χ2n) is 4.96. The van der Waals surface area contributed by atoms with Gasteiger partial charge < -0.3 is 20.9 Å². The predicted molar refractivity (Wildman–Crippen MR) is 86.9 cm³/mol. The van der Waals surface area contributed by atoms with Gasteiger partial charge in [-0.25, -0.2) is 4.79 Å². The van der Waals surface area contributed by atoms with Crippen LogP contribution in [0.15, 0.2) is 24.3 Å². The lowest BCUT2D eigenvalue weighted by atomic mass is 10.0. The topological polar surface area (TPSA) is 102 Å². The fourth-order valence-corrected chi connectivity index (χ4v) is 1.69. The van der Waals surface area contributed by atoms with Crippen LogP contribution in [0.25, 0.3) is 0 Å². The highest BCUT2D eigenvalue weighted by molar-refractivity contribution is 5.79. The van der Waals surface area contributed by atoms with E-state index in [4.69, 9.17) is 9.84 Å². The van der Waals surface area contributed by atoms with Crippen molar-refractivity contribution in [2.24, 2.45) is 5.73 Å². The maximum atomic E-state index is 11.5. The van der Waals surface area contributed by atoms with E-state index in [1.807, 2.05) is 32.0 Å². The second kappa shape index (κ2) is 10.6. The number of hydrogen-bond donors (Lipinski definition) is 3. The maximum absolute atomic E-state index is 11.5. The molecule has 6 nitrogen and oxygen atoms in total. The van der Waals surface area contributed by atoms with Gasteiger partial charge in [-0.2, -0.15) is 0 Å². The van der Waals surface area contributed by atoms with E-state index in [2.05, 4.69) is 31.0 Å². The molecule has 0 bridgehead atoms. The van der Waals surface area contributed by atoms with Crippen molar-refractivity contribution >= 4 is 17.6 Å². The Kier molecular flexibility index (Phi) is 9.61. The van der Waals surface area contributed by atoms with Crippen molar-refractivity contribution in [3.8, 4) is 0 Å². The van der Waals surface area contributed by atoms with Gasteiger partial charge >= 0.3 is 11.9 Å². The van der Waals surface area contributed by atoms with E-state index in [1.54, 1.807) is 0 Å². The molecule has 1 rings (SSSR count). The molecule has 6 heteroatoms. The molecule has 0 aliphatic rings. The fourth-order valence-electron chi connectivity index (χ4n) is 1.69. The van der Waals surface area contributed by atoms with E-state index < -0.39 is 5.97 Å². The molecule has 124 valence electrons. The largest absolute Gasteiger partial charge is 0.480 e. The third-order valence-electron chi connectivity index (χ3n) is 2.77. The number of ether oxygens (including phenoxy) is 1. The summed E-state index contributed by atoms with van der Waals surface area (Å²) < 4.78 is 4.97. The lowest BCUT2D eigenvalue weighted by Crippen LogP contribution is -2.28. The van der Waals surface area contributed by atoms with Gasteiger partial charge in [0.25, 0.3) is 0 Å². The van der Waals surface area contributed by atoms with E-state index in [0.717, 1.165) is 5.69 Å². The minimum Gasteiger partial charge on any atom is -0.480 e. The normalized spacial score (nSPS) is 11.2. The van der Waals surface area contributed by atoms with Crippen LogP contribution in [0, 0.1) is 0 Å². The van der Waals surface area contributed by atoms with Gasteiger partial charge in [-0.1, -0.05) is 32.0 Å². The van der Waals surface area contributed by atoms with Crippen molar-refractivity contribution in [1.82, 2.24) is 0 Å². The number of benzene rings is 1. The smallest absolute Gasteiger partial charge is 0.328 e. The van der Waals surface area contributed by atoms with E-state index in [1.165, 1.54) is 5.56 Å². The average Bonchev–Trinajstić information content (AvgIpc) is 2.48. The Labute approximate surface area is 131 Å². The Bertz CT molecular complexity index is 475. The number of rotatable bonds is 6. The number of nitrogens with one attached hydrogen (secondary N) is 1. The summed E-state index contributed by atoms with van der Waals surface area (Å²) in [4.78, 5) is 20.8. The number of carbonyl (C=O) groups is 2. The Morgan fingerprint density at radius 1 is 1.27 bits per heavy atom. The van der Waals surface area contributed by atoms with Gasteiger partial charge in [-0.05, 0) is 31.4 Å². The van der Waals surface area contributed by atoms with Crippen LogP contribution >= 0.6 is 0 Å². The van der Waals surface area contributed by atoms with Gasteiger partial charge in [0.1, 0.15) is 6.04 Å². The van der Waals surface area contributed by atoms with Gasteiger partial charge in [0.15, 0.2) is 0 Å². The molecule has 0 radical (unpaired) electrons. The van der Waals surface area contributed by atoms with Crippen LogP contribution in [0.2, 0.25) is 0 Å². The second-order valence-corrected chi connectivity index (χ2v) is 4.96. The summed E-state index contributed by atoms with van der Waals surface area (Å²) in [6, 6.07) is 7.72. The summed E-state index contributed by atoms with van der Waals surface area (Å²) in [6.07, 6.45) is 0. The van der Waals surface area contributed by atoms with Gasteiger partial charge in [0, 0.05) is 5.69 Å². The minimum atomic E-state index is -0.968. The van der Waals surface area contributed by atoms with Crippen molar-refractivity contribution in [3.05, 3.63) is 29.8 Å². The first-order valence-corrected chi connectivity index (χ1v) is 7.27. The maximum Gasteiger partial charge on any atom is 0.328 e. The summed E-state index contributed by atoms with van der Waals surface area (Å²) in [5.41, 5.74) is 6.79. The van der Waals surface area contributed by atoms with E-state index in [-0.39, 0.29) is 18.6 Å². The first-order valence-electron chi connectivity index (χ1n) is 7.27. The summed E-state index contributed by atoms with van der Waals surface area (Å²) >= 11 is 0. The number of carboxylic acid groups (broad SMARTS) is 1. The Balaban J connectivity index is 0.000000763. The molecule has 0 saturated carbocycles. The van der Waals surface area contributed by atoms with Crippen LogP contribution in [0.3, 0.4) is 0 Å². The first-order chi connectivity index (χ1) is 10.3. The molecule has 1 aromatic carbocycles. The number of carboxylic acids is 1. The number of nitrogens with two attached hydrogens (primary N) is 1. The number of aliphatic carboxylic acids is 1. The average molecular weight is 310 g/mol. The molecule has 0 aliphatic carbocycles. The molecule has 0 saturated heterocycles. The highest BCUT2D eigenvalue weighted by Gasteiger charge is 2.15. The van der Waals surface area contributed by atoms with Crippen LogP contribution in [-0.4, -0.2) is 36.2 Å². The molecule has 0 heterocycles. The highest BCUT2D eigenvalue weighted by Crippen LogP contribution is 2.24. The van der Waals surface area contributed by atoms with Gasteiger partial charge in [0.05, 0.1) is 13.2 Å². The Morgan fingerprint density at radius 2 is 1.82 bits per heavy atom. The molecule has 0 spiro atoms. The molecule has 22 heavy (non-hydrogen) atoms. The highest BCUT2D eigenvalue weighted by atomic mass is 16.5. The number of esters is 1.